The topological polar surface area (TPSA) is 158 Å². The van der Waals surface area contributed by atoms with E-state index < -0.39 is 52.0 Å². The molecule has 0 aromatic heterocycles. The molecule has 8 heteroatoms. The molecule has 8 nitrogen and oxygen atoms in total. The van der Waals surface area contributed by atoms with Gasteiger partial charge in [0.1, 0.15) is 22.8 Å². The average Bonchev–Trinajstić information content (AvgIpc) is 2.70. The summed E-state index contributed by atoms with van der Waals surface area (Å²) in [4.78, 5) is 37.8. The van der Waals surface area contributed by atoms with Gasteiger partial charge in [0.25, 0.3) is 5.91 Å². The first-order valence-corrected chi connectivity index (χ1v) is 9.93. The van der Waals surface area contributed by atoms with Gasteiger partial charge in [-0.15, -0.1) is 0 Å². The molecular weight excluding hydrogens is 402 g/mol. The fourth-order valence-corrected chi connectivity index (χ4v) is 4.92. The minimum Gasteiger partial charge on any atom is -0.511 e. The van der Waals surface area contributed by atoms with Crippen LogP contribution >= 0.6 is 0 Å². The van der Waals surface area contributed by atoms with Gasteiger partial charge in [-0.25, -0.2) is 0 Å². The lowest BCUT2D eigenvalue weighted by Crippen LogP contribution is -2.57. The highest BCUT2D eigenvalue weighted by molar-refractivity contribution is 6.24. The van der Waals surface area contributed by atoms with Crippen molar-refractivity contribution in [3.8, 4) is 17.6 Å². The van der Waals surface area contributed by atoms with Crippen LogP contribution in [0.3, 0.4) is 0 Å². The summed E-state index contributed by atoms with van der Waals surface area (Å²) in [6.45, 7) is 1.88. The maximum absolute atomic E-state index is 13.3. The Kier molecular flexibility index (Phi) is 4.67. The first-order valence-electron chi connectivity index (χ1n) is 9.93. The molecule has 0 heterocycles. The van der Waals surface area contributed by atoms with E-state index >= 15 is 0 Å². The van der Waals surface area contributed by atoms with Crippen LogP contribution in [0.25, 0.3) is 0 Å². The van der Waals surface area contributed by atoms with Crippen molar-refractivity contribution in [2.24, 2.45) is 17.6 Å². The second kappa shape index (κ2) is 7.00. The Labute approximate surface area is 177 Å². The van der Waals surface area contributed by atoms with Gasteiger partial charge in [-0.2, -0.15) is 0 Å². The third-order valence-corrected chi connectivity index (χ3v) is 6.35. The number of phenolic OH excluding ortho intramolecular Hbond substituents is 1. The van der Waals surface area contributed by atoms with Crippen LogP contribution in [0.1, 0.15) is 47.7 Å². The largest absolute Gasteiger partial charge is 0.511 e. The smallest absolute Gasteiger partial charge is 0.255 e. The molecule has 3 aliphatic rings. The van der Waals surface area contributed by atoms with Crippen molar-refractivity contribution < 1.29 is 34.8 Å². The van der Waals surface area contributed by atoms with Gasteiger partial charge in [-0.1, -0.05) is 18.8 Å². The summed E-state index contributed by atoms with van der Waals surface area (Å²) >= 11 is 0. The van der Waals surface area contributed by atoms with E-state index in [0.717, 1.165) is 0 Å². The summed E-state index contributed by atoms with van der Waals surface area (Å²) in [5, 5.41) is 42.6. The Balaban J connectivity index is 1.91. The Bertz CT molecular complexity index is 1180. The number of rotatable bonds is 1. The first-order chi connectivity index (χ1) is 14.6. The van der Waals surface area contributed by atoms with Gasteiger partial charge in [0, 0.05) is 29.9 Å². The predicted molar refractivity (Wildman–Crippen MR) is 108 cm³/mol. The number of carbonyl (C=O) groups is 3. The number of aromatic hydroxyl groups is 1. The Morgan fingerprint density at radius 1 is 1.23 bits per heavy atom. The molecule has 1 aromatic carbocycles. The van der Waals surface area contributed by atoms with Crippen molar-refractivity contribution in [2.75, 3.05) is 0 Å². The monoisotopic (exact) mass is 423 g/mol. The van der Waals surface area contributed by atoms with Gasteiger partial charge in [0.2, 0.25) is 5.78 Å². The second-order valence-electron chi connectivity index (χ2n) is 8.05. The lowest BCUT2D eigenvalue weighted by Gasteiger charge is -2.45. The van der Waals surface area contributed by atoms with E-state index in [1.807, 2.05) is 6.92 Å². The van der Waals surface area contributed by atoms with Gasteiger partial charge >= 0.3 is 0 Å². The highest BCUT2D eigenvalue weighted by Gasteiger charge is 2.59. The number of primary amides is 1. The number of ketones is 2. The zero-order valence-electron chi connectivity index (χ0n) is 16.7. The first kappa shape index (κ1) is 20.7. The van der Waals surface area contributed by atoms with Crippen LogP contribution in [0, 0.1) is 23.7 Å². The highest BCUT2D eigenvalue weighted by atomic mass is 16.3. The molecule has 31 heavy (non-hydrogen) atoms. The Morgan fingerprint density at radius 3 is 2.58 bits per heavy atom. The lowest BCUT2D eigenvalue weighted by molar-refractivity contribution is -0.144. The SMILES string of the molecule is CCC#Cc1ccc(O)c2c1C[C@H]1C[C@H]3CC(O)=C(C(N)=O)C(=O)[C@@]3(O)C(O)=C1C2=O. The van der Waals surface area contributed by atoms with E-state index in [9.17, 15) is 34.8 Å². The maximum Gasteiger partial charge on any atom is 0.255 e. The molecular formula is C23H21NO7. The molecule has 0 spiro atoms. The summed E-state index contributed by atoms with van der Waals surface area (Å²) in [6, 6.07) is 2.96. The molecule has 0 unspecified atom stereocenters. The Morgan fingerprint density at radius 2 is 1.94 bits per heavy atom. The molecule has 0 aliphatic heterocycles. The molecule has 6 N–H and O–H groups in total. The van der Waals surface area contributed by atoms with Crippen molar-refractivity contribution in [1.82, 2.24) is 0 Å². The van der Waals surface area contributed by atoms with Crippen LogP contribution in [-0.4, -0.2) is 43.5 Å². The molecule has 0 fully saturated rings. The second-order valence-corrected chi connectivity index (χ2v) is 8.05. The summed E-state index contributed by atoms with van der Waals surface area (Å²) in [5.74, 6) is -0.463. The normalized spacial score (nSPS) is 27.2. The van der Waals surface area contributed by atoms with E-state index in [4.69, 9.17) is 5.73 Å². The van der Waals surface area contributed by atoms with Crippen LogP contribution in [0.4, 0.5) is 0 Å². The molecule has 0 saturated carbocycles. The maximum atomic E-state index is 13.3. The van der Waals surface area contributed by atoms with E-state index in [1.54, 1.807) is 6.07 Å². The fraction of sp³-hybridized carbons (Fsp3) is 0.348. The fourth-order valence-electron chi connectivity index (χ4n) is 4.92. The van der Waals surface area contributed by atoms with Crippen LogP contribution in [0.15, 0.2) is 34.8 Å². The van der Waals surface area contributed by atoms with Crippen molar-refractivity contribution in [1.29, 1.82) is 0 Å². The minimum atomic E-state index is -2.55. The van der Waals surface area contributed by atoms with Crippen molar-refractivity contribution in [3.05, 3.63) is 51.5 Å². The van der Waals surface area contributed by atoms with Gasteiger partial charge in [0.15, 0.2) is 11.4 Å². The van der Waals surface area contributed by atoms with Crippen molar-refractivity contribution >= 4 is 17.5 Å². The number of allylic oxidation sites excluding steroid dienone is 2. The number of amides is 1. The number of phenols is 1. The molecule has 0 bridgehead atoms. The molecule has 1 aromatic rings. The van der Waals surface area contributed by atoms with Gasteiger partial charge < -0.3 is 26.2 Å². The third-order valence-electron chi connectivity index (χ3n) is 6.35. The number of hydrogen-bond acceptors (Lipinski definition) is 7. The number of carbonyl (C=O) groups excluding carboxylic acids is 3. The average molecular weight is 423 g/mol. The number of benzene rings is 1. The summed E-state index contributed by atoms with van der Waals surface area (Å²) in [7, 11) is 0. The molecule has 0 saturated heterocycles. The zero-order chi connectivity index (χ0) is 22.7. The lowest BCUT2D eigenvalue weighted by atomic mass is 9.60. The quantitative estimate of drug-likeness (QED) is 0.337. The molecule has 3 atom stereocenters. The van der Waals surface area contributed by atoms with Crippen LogP contribution in [0.5, 0.6) is 5.75 Å². The third kappa shape index (κ3) is 2.77. The Hall–Kier alpha value is -3.57. The number of aliphatic hydroxyl groups is 3. The van der Waals surface area contributed by atoms with Gasteiger partial charge in [0.05, 0.1) is 5.56 Å². The number of nitrogens with two attached hydrogens (primary N) is 1. The van der Waals surface area contributed by atoms with Gasteiger partial charge in [-0.05, 0) is 36.5 Å². The summed E-state index contributed by atoms with van der Waals surface area (Å²) in [5.41, 5.74) is 2.75. The van der Waals surface area contributed by atoms with Crippen molar-refractivity contribution in [2.45, 2.75) is 38.2 Å². The number of fused-ring (bicyclic) bond motifs is 3. The molecule has 3 aliphatic carbocycles. The predicted octanol–water partition coefficient (Wildman–Crippen LogP) is 1.34. The molecule has 4 rings (SSSR count). The number of hydrogen-bond donors (Lipinski definition) is 5. The number of Topliss-reactive ketones (excluding diaryl/α,β-unsaturated/α-hetero) is 2. The van der Waals surface area contributed by atoms with E-state index in [1.165, 1.54) is 6.07 Å². The van der Waals surface area contributed by atoms with Crippen molar-refractivity contribution in [3.63, 3.8) is 0 Å². The van der Waals surface area contributed by atoms with E-state index in [-0.39, 0.29) is 36.1 Å². The van der Waals surface area contributed by atoms with E-state index in [0.29, 0.717) is 17.5 Å². The minimum absolute atomic E-state index is 0.0282. The highest BCUT2D eigenvalue weighted by Crippen LogP contribution is 2.51. The molecule has 0 radical (unpaired) electrons. The summed E-state index contributed by atoms with van der Waals surface area (Å²) < 4.78 is 0. The molecule has 1 amide bonds. The van der Waals surface area contributed by atoms with Crippen LogP contribution in [0.2, 0.25) is 0 Å². The standard InChI is InChI=1S/C23H21NO7/c1-2-3-4-10-5-6-14(25)17-13(10)8-11-7-12-9-15(26)18(22(24)30)21(29)23(12,31)20(28)16(11)19(17)27/h5-6,11-12,25-26,28,31H,2,7-9H2,1H3,(H2,24,30)/t11-,12+,23+/m1/s1. The number of aliphatic hydroxyl groups excluding tert-OH is 2. The van der Waals surface area contributed by atoms with E-state index in [2.05, 4.69) is 11.8 Å². The van der Waals surface area contributed by atoms with Crippen LogP contribution in [-0.2, 0) is 16.0 Å². The van der Waals surface area contributed by atoms with Crippen LogP contribution < -0.4 is 5.73 Å². The zero-order valence-corrected chi connectivity index (χ0v) is 16.7. The van der Waals surface area contributed by atoms with Gasteiger partial charge in [-0.3, -0.25) is 14.4 Å². The summed E-state index contributed by atoms with van der Waals surface area (Å²) in [6.07, 6.45) is 0.692. The molecule has 160 valence electrons.